The molecule has 0 saturated carbocycles. The minimum absolute atomic E-state index is 0.0239. The summed E-state index contributed by atoms with van der Waals surface area (Å²) in [5.74, 6) is 0.374. The Morgan fingerprint density at radius 2 is 1.94 bits per heavy atom. The quantitative estimate of drug-likeness (QED) is 0.524. The first-order chi connectivity index (χ1) is 7.61. The van der Waals surface area contributed by atoms with Gasteiger partial charge >= 0.3 is 0 Å². The van der Waals surface area contributed by atoms with Gasteiger partial charge in [-0.2, -0.15) is 4.99 Å². The van der Waals surface area contributed by atoms with E-state index in [-0.39, 0.29) is 5.96 Å². The van der Waals surface area contributed by atoms with E-state index in [1.807, 2.05) is 24.3 Å². The van der Waals surface area contributed by atoms with Gasteiger partial charge in [-0.15, -0.1) is 0 Å². The molecule has 6 heteroatoms. The number of halogens is 1. The number of benzene rings is 1. The van der Waals surface area contributed by atoms with E-state index >= 15 is 0 Å². The minimum Gasteiger partial charge on any atom is -0.370 e. The topological polar surface area (TPSA) is 88.8 Å². The summed E-state index contributed by atoms with van der Waals surface area (Å²) in [6.07, 6.45) is 0. The molecule has 0 bridgehead atoms. The molecule has 16 heavy (non-hydrogen) atoms. The van der Waals surface area contributed by atoms with Crippen LogP contribution in [-0.2, 0) is 6.54 Å². The largest absolute Gasteiger partial charge is 0.370 e. The number of nitrogens with one attached hydrogen (secondary N) is 1. The summed E-state index contributed by atoms with van der Waals surface area (Å²) in [7, 11) is 1.61. The summed E-state index contributed by atoms with van der Waals surface area (Å²) in [5, 5.41) is 3.70. The molecule has 0 unspecified atom stereocenters. The first-order valence-corrected chi connectivity index (χ1v) is 5.04. The van der Waals surface area contributed by atoms with Crippen molar-refractivity contribution in [1.29, 1.82) is 0 Å². The van der Waals surface area contributed by atoms with Crippen LogP contribution in [-0.4, -0.2) is 19.0 Å². The smallest absolute Gasteiger partial charge is 0.221 e. The third kappa shape index (κ3) is 4.18. The molecule has 0 amide bonds. The molecule has 1 aromatic carbocycles. The van der Waals surface area contributed by atoms with Gasteiger partial charge in [-0.25, -0.2) is 0 Å². The Morgan fingerprint density at radius 1 is 1.31 bits per heavy atom. The fraction of sp³-hybridized carbons (Fsp3) is 0.200. The molecule has 1 rings (SSSR count). The third-order valence-electron chi connectivity index (χ3n) is 1.81. The van der Waals surface area contributed by atoms with Crippen molar-refractivity contribution in [3.8, 4) is 0 Å². The molecule has 0 atom stereocenters. The number of rotatable bonds is 2. The highest BCUT2D eigenvalue weighted by Gasteiger charge is 1.97. The maximum atomic E-state index is 5.77. The average molecular weight is 240 g/mol. The highest BCUT2D eigenvalue weighted by Crippen LogP contribution is 2.08. The summed E-state index contributed by atoms with van der Waals surface area (Å²) in [4.78, 5) is 7.71. The van der Waals surface area contributed by atoms with Gasteiger partial charge in [0, 0.05) is 18.6 Å². The Balaban J connectivity index is 2.57. The molecule has 0 radical (unpaired) electrons. The molecule has 0 fully saturated rings. The molecule has 0 heterocycles. The van der Waals surface area contributed by atoms with Crippen LogP contribution in [0, 0.1) is 0 Å². The van der Waals surface area contributed by atoms with E-state index in [4.69, 9.17) is 23.1 Å². The van der Waals surface area contributed by atoms with E-state index in [9.17, 15) is 0 Å². The fourth-order valence-electron chi connectivity index (χ4n) is 1.07. The van der Waals surface area contributed by atoms with Crippen LogP contribution in [0.2, 0.25) is 5.02 Å². The normalized spacial score (nSPS) is 11.0. The maximum Gasteiger partial charge on any atom is 0.221 e. The van der Waals surface area contributed by atoms with Crippen molar-refractivity contribution in [2.24, 2.45) is 21.5 Å². The van der Waals surface area contributed by atoms with Gasteiger partial charge < -0.3 is 16.8 Å². The van der Waals surface area contributed by atoms with Gasteiger partial charge in [0.05, 0.1) is 0 Å². The molecule has 5 nitrogen and oxygen atoms in total. The van der Waals surface area contributed by atoms with E-state index < -0.39 is 0 Å². The molecule has 0 aliphatic heterocycles. The highest BCUT2D eigenvalue weighted by molar-refractivity contribution is 6.30. The highest BCUT2D eigenvalue weighted by atomic mass is 35.5. The standard InChI is InChI=1S/C10H14ClN5/c1-14-10(16-9(12)13)15-6-7-2-4-8(11)5-3-7/h2-5H,6H2,1H3,(H5,12,13,14,15,16). The van der Waals surface area contributed by atoms with E-state index in [1.54, 1.807) is 7.05 Å². The van der Waals surface area contributed by atoms with Crippen LogP contribution < -0.4 is 16.8 Å². The van der Waals surface area contributed by atoms with Gasteiger partial charge in [-0.05, 0) is 17.7 Å². The Morgan fingerprint density at radius 3 is 2.44 bits per heavy atom. The number of hydrogen-bond donors (Lipinski definition) is 3. The fourth-order valence-corrected chi connectivity index (χ4v) is 1.20. The Hall–Kier alpha value is -1.75. The first-order valence-electron chi connectivity index (χ1n) is 4.66. The zero-order chi connectivity index (χ0) is 12.0. The SMILES string of the molecule is CN=C(N=C(N)N)NCc1ccc(Cl)cc1. The molecule has 0 aliphatic rings. The molecule has 5 N–H and O–H groups in total. The van der Waals surface area contributed by atoms with Gasteiger partial charge in [-0.3, -0.25) is 4.99 Å². The van der Waals surface area contributed by atoms with Crippen LogP contribution in [0.15, 0.2) is 34.3 Å². The second kappa shape index (κ2) is 5.97. The van der Waals surface area contributed by atoms with Crippen molar-refractivity contribution in [2.75, 3.05) is 7.05 Å². The van der Waals surface area contributed by atoms with Crippen LogP contribution in [0.4, 0.5) is 0 Å². The molecule has 1 aromatic rings. The van der Waals surface area contributed by atoms with Crippen LogP contribution in [0.3, 0.4) is 0 Å². The second-order valence-electron chi connectivity index (χ2n) is 3.06. The molecule has 0 aromatic heterocycles. The molecular formula is C10H14ClN5. The number of nitrogens with zero attached hydrogens (tertiary/aromatic N) is 2. The molecule has 0 spiro atoms. The van der Waals surface area contributed by atoms with Crippen molar-refractivity contribution in [3.05, 3.63) is 34.9 Å². The minimum atomic E-state index is -0.0239. The monoisotopic (exact) mass is 239 g/mol. The Kier molecular flexibility index (Phi) is 4.60. The van der Waals surface area contributed by atoms with Crippen LogP contribution >= 0.6 is 11.6 Å². The van der Waals surface area contributed by atoms with Crippen LogP contribution in [0.1, 0.15) is 5.56 Å². The zero-order valence-corrected chi connectivity index (χ0v) is 9.70. The predicted molar refractivity (Wildman–Crippen MR) is 67.5 cm³/mol. The summed E-state index contributed by atoms with van der Waals surface area (Å²) in [5.41, 5.74) is 11.6. The van der Waals surface area contributed by atoms with Gasteiger partial charge in [0.25, 0.3) is 0 Å². The maximum absolute atomic E-state index is 5.77. The molecule has 86 valence electrons. The molecule has 0 aliphatic carbocycles. The van der Waals surface area contributed by atoms with Gasteiger partial charge in [0.15, 0.2) is 5.96 Å². The van der Waals surface area contributed by atoms with Gasteiger partial charge in [0.2, 0.25) is 5.96 Å². The van der Waals surface area contributed by atoms with Crippen molar-refractivity contribution >= 4 is 23.5 Å². The molecule has 0 saturated heterocycles. The zero-order valence-electron chi connectivity index (χ0n) is 8.94. The summed E-state index contributed by atoms with van der Waals surface area (Å²) in [6.45, 7) is 0.584. The van der Waals surface area contributed by atoms with Crippen LogP contribution in [0.5, 0.6) is 0 Å². The van der Waals surface area contributed by atoms with E-state index in [0.717, 1.165) is 5.56 Å². The lowest BCUT2D eigenvalue weighted by molar-refractivity contribution is 0.900. The number of hydrogen-bond acceptors (Lipinski definition) is 1. The predicted octanol–water partition coefficient (Wildman–Crippen LogP) is 0.689. The summed E-state index contributed by atoms with van der Waals surface area (Å²) < 4.78 is 0. The number of nitrogens with two attached hydrogens (primary N) is 2. The first kappa shape index (κ1) is 12.3. The van der Waals surface area contributed by atoms with Crippen LogP contribution in [0.25, 0.3) is 0 Å². The van der Waals surface area contributed by atoms with E-state index in [2.05, 4.69) is 15.3 Å². The molecular weight excluding hydrogens is 226 g/mol. The van der Waals surface area contributed by atoms with Gasteiger partial charge in [-0.1, -0.05) is 23.7 Å². The Bertz CT molecular complexity index is 392. The number of guanidine groups is 2. The van der Waals surface area contributed by atoms with Crippen molar-refractivity contribution in [3.63, 3.8) is 0 Å². The lowest BCUT2D eigenvalue weighted by Crippen LogP contribution is -2.29. The lowest BCUT2D eigenvalue weighted by atomic mass is 10.2. The average Bonchev–Trinajstić information content (AvgIpc) is 2.26. The Labute approximate surface area is 99.2 Å². The lowest BCUT2D eigenvalue weighted by Gasteiger charge is -2.05. The summed E-state index contributed by atoms with van der Waals surface area (Å²) >= 11 is 5.77. The second-order valence-corrected chi connectivity index (χ2v) is 3.50. The third-order valence-corrected chi connectivity index (χ3v) is 2.06. The van der Waals surface area contributed by atoms with Crippen molar-refractivity contribution < 1.29 is 0 Å². The van der Waals surface area contributed by atoms with Crippen molar-refractivity contribution in [2.45, 2.75) is 6.54 Å². The van der Waals surface area contributed by atoms with Crippen molar-refractivity contribution in [1.82, 2.24) is 5.32 Å². The van der Waals surface area contributed by atoms with E-state index in [0.29, 0.717) is 17.5 Å². The van der Waals surface area contributed by atoms with Gasteiger partial charge in [0.1, 0.15) is 0 Å². The summed E-state index contributed by atoms with van der Waals surface area (Å²) in [6, 6.07) is 7.47. The van der Waals surface area contributed by atoms with E-state index in [1.165, 1.54) is 0 Å². The number of aliphatic imine (C=N–C) groups is 2.